The Bertz CT molecular complexity index is 261. The van der Waals surface area contributed by atoms with Crippen LogP contribution in [0.1, 0.15) is 40.5 Å². The highest BCUT2D eigenvalue weighted by Crippen LogP contribution is 2.21. The van der Waals surface area contributed by atoms with E-state index in [0.29, 0.717) is 26.1 Å². The normalized spacial score (nSPS) is 23.6. The highest BCUT2D eigenvalue weighted by molar-refractivity contribution is 5.77. The Morgan fingerprint density at radius 1 is 1.53 bits per heavy atom. The van der Waals surface area contributed by atoms with Crippen molar-refractivity contribution in [1.82, 2.24) is 4.90 Å². The van der Waals surface area contributed by atoms with Crippen molar-refractivity contribution in [2.24, 2.45) is 11.1 Å². The van der Waals surface area contributed by atoms with E-state index in [1.165, 1.54) is 0 Å². The van der Waals surface area contributed by atoms with E-state index in [-0.39, 0.29) is 23.5 Å². The zero-order valence-corrected chi connectivity index (χ0v) is 11.5. The average molecular weight is 242 g/mol. The number of rotatable bonds is 3. The third-order valence-electron chi connectivity index (χ3n) is 3.45. The van der Waals surface area contributed by atoms with Crippen molar-refractivity contribution in [3.8, 4) is 0 Å². The summed E-state index contributed by atoms with van der Waals surface area (Å²) in [5, 5.41) is 0. The lowest BCUT2D eigenvalue weighted by atomic mass is 9.85. The Morgan fingerprint density at radius 2 is 2.18 bits per heavy atom. The van der Waals surface area contributed by atoms with Gasteiger partial charge in [0.15, 0.2) is 0 Å². The molecule has 4 heteroatoms. The second-order valence-corrected chi connectivity index (χ2v) is 5.92. The summed E-state index contributed by atoms with van der Waals surface area (Å²) in [7, 11) is 0. The first-order valence-electron chi connectivity index (χ1n) is 6.49. The summed E-state index contributed by atoms with van der Waals surface area (Å²) >= 11 is 0. The number of morpholine rings is 1. The maximum Gasteiger partial charge on any atom is 0.224 e. The molecule has 1 saturated heterocycles. The lowest BCUT2D eigenvalue weighted by Crippen LogP contribution is -2.48. The summed E-state index contributed by atoms with van der Waals surface area (Å²) in [6.45, 7) is 10.4. The molecule has 2 N–H and O–H groups in total. The molecule has 1 aliphatic heterocycles. The molecule has 1 rings (SSSR count). The molecule has 0 radical (unpaired) electrons. The predicted octanol–water partition coefficient (Wildman–Crippen LogP) is 1.39. The number of carbonyl (C=O) groups is 1. The Kier molecular flexibility index (Phi) is 4.95. The molecule has 0 aliphatic carbocycles. The quantitative estimate of drug-likeness (QED) is 0.813. The highest BCUT2D eigenvalue weighted by atomic mass is 16.5. The Labute approximate surface area is 104 Å². The molecule has 100 valence electrons. The van der Waals surface area contributed by atoms with Crippen LogP contribution in [0.5, 0.6) is 0 Å². The molecule has 2 unspecified atom stereocenters. The maximum absolute atomic E-state index is 12.1. The molecular formula is C13H26N2O2. The fourth-order valence-corrected chi connectivity index (χ4v) is 1.82. The SMILES string of the molecule is CCC1CN(C(=O)CC(N)C(C)(C)C)CCO1. The largest absolute Gasteiger partial charge is 0.375 e. The third-order valence-corrected chi connectivity index (χ3v) is 3.45. The van der Waals surface area contributed by atoms with Gasteiger partial charge < -0.3 is 15.4 Å². The van der Waals surface area contributed by atoms with Crippen molar-refractivity contribution in [2.45, 2.75) is 52.7 Å². The van der Waals surface area contributed by atoms with Gasteiger partial charge in [0.05, 0.1) is 12.7 Å². The Balaban J connectivity index is 2.47. The Morgan fingerprint density at radius 3 is 2.71 bits per heavy atom. The molecule has 1 fully saturated rings. The lowest BCUT2D eigenvalue weighted by Gasteiger charge is -2.34. The smallest absolute Gasteiger partial charge is 0.224 e. The van der Waals surface area contributed by atoms with Crippen LogP contribution in [0.15, 0.2) is 0 Å². The average Bonchev–Trinajstić information content (AvgIpc) is 2.27. The van der Waals surface area contributed by atoms with Crippen molar-refractivity contribution in [3.05, 3.63) is 0 Å². The van der Waals surface area contributed by atoms with Gasteiger partial charge in [0, 0.05) is 25.6 Å². The topological polar surface area (TPSA) is 55.6 Å². The molecule has 0 aromatic carbocycles. The van der Waals surface area contributed by atoms with Gasteiger partial charge in [-0.25, -0.2) is 0 Å². The van der Waals surface area contributed by atoms with Crippen LogP contribution in [0.4, 0.5) is 0 Å². The fourth-order valence-electron chi connectivity index (χ4n) is 1.82. The molecule has 1 heterocycles. The lowest BCUT2D eigenvalue weighted by molar-refractivity contribution is -0.139. The minimum Gasteiger partial charge on any atom is -0.375 e. The first-order valence-corrected chi connectivity index (χ1v) is 6.49. The number of nitrogens with zero attached hydrogens (tertiary/aromatic N) is 1. The maximum atomic E-state index is 12.1. The van der Waals surface area contributed by atoms with Gasteiger partial charge in [0.1, 0.15) is 0 Å². The molecule has 4 nitrogen and oxygen atoms in total. The van der Waals surface area contributed by atoms with Gasteiger partial charge in [0.2, 0.25) is 5.91 Å². The molecule has 0 aromatic heterocycles. The first kappa shape index (κ1) is 14.5. The molecule has 1 amide bonds. The first-order chi connectivity index (χ1) is 7.84. The molecule has 2 atom stereocenters. The minimum absolute atomic E-state index is 0.0217. The summed E-state index contributed by atoms with van der Waals surface area (Å²) in [6.07, 6.45) is 1.58. The van der Waals surface area contributed by atoms with E-state index in [4.69, 9.17) is 10.5 Å². The second-order valence-electron chi connectivity index (χ2n) is 5.92. The van der Waals surface area contributed by atoms with Gasteiger partial charge in [0.25, 0.3) is 0 Å². The number of hydrogen-bond donors (Lipinski definition) is 1. The van der Waals surface area contributed by atoms with E-state index >= 15 is 0 Å². The third kappa shape index (κ3) is 4.28. The van der Waals surface area contributed by atoms with E-state index in [1.54, 1.807) is 0 Å². The fraction of sp³-hybridized carbons (Fsp3) is 0.923. The highest BCUT2D eigenvalue weighted by Gasteiger charge is 2.28. The van der Waals surface area contributed by atoms with E-state index in [2.05, 4.69) is 27.7 Å². The van der Waals surface area contributed by atoms with Crippen LogP contribution in [-0.4, -0.2) is 42.6 Å². The zero-order chi connectivity index (χ0) is 13.1. The van der Waals surface area contributed by atoms with Crippen molar-refractivity contribution >= 4 is 5.91 Å². The Hall–Kier alpha value is -0.610. The van der Waals surface area contributed by atoms with Gasteiger partial charge in [-0.15, -0.1) is 0 Å². The van der Waals surface area contributed by atoms with Crippen molar-refractivity contribution < 1.29 is 9.53 Å². The molecule has 17 heavy (non-hydrogen) atoms. The van der Waals surface area contributed by atoms with Gasteiger partial charge >= 0.3 is 0 Å². The van der Waals surface area contributed by atoms with E-state index in [1.807, 2.05) is 4.90 Å². The van der Waals surface area contributed by atoms with Gasteiger partial charge in [-0.05, 0) is 11.8 Å². The minimum atomic E-state index is -0.0853. The van der Waals surface area contributed by atoms with Gasteiger partial charge in [-0.1, -0.05) is 27.7 Å². The standard InChI is InChI=1S/C13H26N2O2/c1-5-10-9-15(6-7-17-10)12(16)8-11(14)13(2,3)4/h10-11H,5-9,14H2,1-4H3. The zero-order valence-electron chi connectivity index (χ0n) is 11.5. The molecule has 0 saturated carbocycles. The molecule has 0 bridgehead atoms. The summed E-state index contributed by atoms with van der Waals surface area (Å²) in [4.78, 5) is 14.0. The van der Waals surface area contributed by atoms with Crippen LogP contribution in [0.25, 0.3) is 0 Å². The van der Waals surface area contributed by atoms with Crippen LogP contribution < -0.4 is 5.73 Å². The van der Waals surface area contributed by atoms with Crippen LogP contribution >= 0.6 is 0 Å². The van der Waals surface area contributed by atoms with E-state index in [9.17, 15) is 4.79 Å². The molecule has 0 spiro atoms. The second kappa shape index (κ2) is 5.83. The van der Waals surface area contributed by atoms with Gasteiger partial charge in [-0.2, -0.15) is 0 Å². The molecular weight excluding hydrogens is 216 g/mol. The van der Waals surface area contributed by atoms with E-state index in [0.717, 1.165) is 6.42 Å². The van der Waals surface area contributed by atoms with Crippen molar-refractivity contribution in [2.75, 3.05) is 19.7 Å². The van der Waals surface area contributed by atoms with E-state index < -0.39 is 0 Å². The van der Waals surface area contributed by atoms with Gasteiger partial charge in [-0.3, -0.25) is 4.79 Å². The summed E-state index contributed by atoms with van der Waals surface area (Å²) < 4.78 is 5.55. The number of nitrogens with two attached hydrogens (primary N) is 1. The molecule has 0 aromatic rings. The van der Waals surface area contributed by atoms with Crippen LogP contribution in [0, 0.1) is 5.41 Å². The molecule has 1 aliphatic rings. The van der Waals surface area contributed by atoms with Crippen molar-refractivity contribution in [1.29, 1.82) is 0 Å². The summed E-state index contributed by atoms with van der Waals surface area (Å²) in [5.41, 5.74) is 6.03. The predicted molar refractivity (Wildman–Crippen MR) is 68.7 cm³/mol. The monoisotopic (exact) mass is 242 g/mol. The van der Waals surface area contributed by atoms with Crippen LogP contribution in [0.2, 0.25) is 0 Å². The van der Waals surface area contributed by atoms with Crippen LogP contribution in [-0.2, 0) is 9.53 Å². The number of amides is 1. The van der Waals surface area contributed by atoms with Crippen molar-refractivity contribution in [3.63, 3.8) is 0 Å². The number of ether oxygens (including phenoxy) is 1. The number of hydrogen-bond acceptors (Lipinski definition) is 3. The van der Waals surface area contributed by atoms with Crippen LogP contribution in [0.3, 0.4) is 0 Å². The number of carbonyl (C=O) groups excluding carboxylic acids is 1. The summed E-state index contributed by atoms with van der Waals surface area (Å²) in [6, 6.07) is -0.0853. The summed E-state index contributed by atoms with van der Waals surface area (Å²) in [5.74, 6) is 0.161.